The summed E-state index contributed by atoms with van der Waals surface area (Å²) in [6.07, 6.45) is 0. The quantitative estimate of drug-likeness (QED) is 0.815. The van der Waals surface area contributed by atoms with Crippen molar-refractivity contribution < 1.29 is 4.74 Å². The lowest BCUT2D eigenvalue weighted by atomic mass is 10.3. The van der Waals surface area contributed by atoms with Crippen molar-refractivity contribution >= 4 is 22.8 Å². The molecule has 0 bridgehead atoms. The van der Waals surface area contributed by atoms with E-state index in [4.69, 9.17) is 4.74 Å². The van der Waals surface area contributed by atoms with Crippen LogP contribution in [0.15, 0.2) is 6.07 Å². The first-order chi connectivity index (χ1) is 9.63. The third-order valence-electron chi connectivity index (χ3n) is 3.23. The predicted octanol–water partition coefficient (Wildman–Crippen LogP) is 0.991. The largest absolute Gasteiger partial charge is 0.378 e. The lowest BCUT2D eigenvalue weighted by molar-refractivity contribution is 0.122. The molecular formula is C13H20N6O. The molecule has 0 radical (unpaired) electrons. The third-order valence-corrected chi connectivity index (χ3v) is 3.23. The van der Waals surface area contributed by atoms with Crippen molar-refractivity contribution in [2.45, 2.75) is 6.92 Å². The monoisotopic (exact) mass is 276 g/mol. The summed E-state index contributed by atoms with van der Waals surface area (Å²) in [6.45, 7) is 5.12. The Kier molecular flexibility index (Phi) is 3.45. The highest BCUT2D eigenvalue weighted by molar-refractivity contribution is 5.88. The first kappa shape index (κ1) is 13.1. The second-order valence-electron chi connectivity index (χ2n) is 5.19. The zero-order valence-corrected chi connectivity index (χ0v) is 12.1. The van der Waals surface area contributed by atoms with Gasteiger partial charge in [0.05, 0.1) is 18.6 Å². The average Bonchev–Trinajstić information content (AvgIpc) is 2.80. The Morgan fingerprint density at radius 1 is 1.30 bits per heavy atom. The highest BCUT2D eigenvalue weighted by atomic mass is 16.5. The number of morpholine rings is 1. The number of anilines is 2. The van der Waals surface area contributed by atoms with E-state index in [-0.39, 0.29) is 0 Å². The van der Waals surface area contributed by atoms with Gasteiger partial charge < -0.3 is 20.0 Å². The lowest BCUT2D eigenvalue weighted by Gasteiger charge is -2.27. The van der Waals surface area contributed by atoms with Crippen LogP contribution >= 0.6 is 0 Å². The fourth-order valence-electron chi connectivity index (χ4n) is 2.33. The molecule has 0 aliphatic carbocycles. The van der Waals surface area contributed by atoms with Gasteiger partial charge in [0.15, 0.2) is 5.82 Å². The number of nitrogens with one attached hydrogen (secondary N) is 2. The molecule has 0 amide bonds. The number of hydrogen-bond acceptors (Lipinski definition) is 6. The Hall–Kier alpha value is -1.86. The number of H-pyrrole nitrogens is 1. The summed E-state index contributed by atoms with van der Waals surface area (Å²) >= 11 is 0. The molecule has 1 aliphatic rings. The van der Waals surface area contributed by atoms with Crippen LogP contribution in [0.4, 0.5) is 11.8 Å². The van der Waals surface area contributed by atoms with Gasteiger partial charge in [-0.1, -0.05) is 0 Å². The molecule has 3 heterocycles. The summed E-state index contributed by atoms with van der Waals surface area (Å²) in [6, 6.07) is 2.06. The van der Waals surface area contributed by atoms with E-state index in [1.807, 2.05) is 26.0 Å². The van der Waals surface area contributed by atoms with Gasteiger partial charge in [-0.25, -0.2) is 5.01 Å². The number of fused-ring (bicyclic) bond motifs is 1. The van der Waals surface area contributed by atoms with E-state index in [0.717, 1.165) is 54.8 Å². The summed E-state index contributed by atoms with van der Waals surface area (Å²) in [4.78, 5) is 14.7. The average molecular weight is 276 g/mol. The van der Waals surface area contributed by atoms with Crippen LogP contribution in [-0.2, 0) is 4.74 Å². The van der Waals surface area contributed by atoms with Gasteiger partial charge in [-0.3, -0.25) is 0 Å². The number of aromatic amines is 1. The van der Waals surface area contributed by atoms with E-state index < -0.39 is 0 Å². The minimum Gasteiger partial charge on any atom is -0.378 e. The van der Waals surface area contributed by atoms with E-state index in [1.54, 1.807) is 0 Å². The molecule has 3 rings (SSSR count). The first-order valence-electron chi connectivity index (χ1n) is 6.77. The number of aromatic nitrogens is 3. The molecule has 108 valence electrons. The first-order valence-corrected chi connectivity index (χ1v) is 6.77. The minimum absolute atomic E-state index is 0.724. The lowest BCUT2D eigenvalue weighted by Crippen LogP contribution is -2.37. The molecule has 20 heavy (non-hydrogen) atoms. The summed E-state index contributed by atoms with van der Waals surface area (Å²) in [5, 5.41) is 2.89. The molecule has 0 atom stereocenters. The van der Waals surface area contributed by atoms with E-state index in [9.17, 15) is 0 Å². The smallest absolute Gasteiger partial charge is 0.229 e. The van der Waals surface area contributed by atoms with Crippen LogP contribution < -0.4 is 10.3 Å². The summed E-state index contributed by atoms with van der Waals surface area (Å²) < 4.78 is 5.38. The van der Waals surface area contributed by atoms with Crippen molar-refractivity contribution in [1.82, 2.24) is 20.0 Å². The van der Waals surface area contributed by atoms with Crippen molar-refractivity contribution in [3.8, 4) is 0 Å². The van der Waals surface area contributed by atoms with Gasteiger partial charge in [0.2, 0.25) is 5.95 Å². The number of rotatable bonds is 3. The van der Waals surface area contributed by atoms with Crippen LogP contribution in [0.25, 0.3) is 11.0 Å². The van der Waals surface area contributed by atoms with Gasteiger partial charge in [-0.15, -0.1) is 0 Å². The van der Waals surface area contributed by atoms with Gasteiger partial charge in [0.1, 0.15) is 5.65 Å². The van der Waals surface area contributed by atoms with Gasteiger partial charge in [-0.05, 0) is 13.0 Å². The van der Waals surface area contributed by atoms with Crippen LogP contribution in [-0.4, -0.2) is 60.4 Å². The zero-order chi connectivity index (χ0) is 14.1. The number of ether oxygens (including phenoxy) is 1. The molecule has 7 heteroatoms. The summed E-state index contributed by atoms with van der Waals surface area (Å²) in [5.74, 6) is 1.57. The van der Waals surface area contributed by atoms with Gasteiger partial charge in [0.25, 0.3) is 0 Å². The molecule has 0 unspecified atom stereocenters. The standard InChI is InChI=1S/C13H20N6O/c1-9-8-10-11(14-9)15-13(16-12(10)17-18(2)3)19-4-6-20-7-5-19/h8H,4-7H2,1-3H3,(H2,14,15,16,17). The molecule has 1 fully saturated rings. The molecular weight excluding hydrogens is 256 g/mol. The number of aryl methyl sites for hydroxylation is 1. The number of hydrogen-bond donors (Lipinski definition) is 2. The molecule has 2 N–H and O–H groups in total. The van der Waals surface area contributed by atoms with Gasteiger partial charge in [0, 0.05) is 32.9 Å². The van der Waals surface area contributed by atoms with Gasteiger partial charge >= 0.3 is 0 Å². The number of hydrazine groups is 1. The highest BCUT2D eigenvalue weighted by Gasteiger charge is 2.17. The second-order valence-corrected chi connectivity index (χ2v) is 5.19. The maximum Gasteiger partial charge on any atom is 0.229 e. The fraction of sp³-hybridized carbons (Fsp3) is 0.538. The maximum atomic E-state index is 5.38. The topological polar surface area (TPSA) is 69.3 Å². The van der Waals surface area contributed by atoms with Crippen molar-refractivity contribution in [2.75, 3.05) is 50.7 Å². The Morgan fingerprint density at radius 2 is 2.05 bits per heavy atom. The highest BCUT2D eigenvalue weighted by Crippen LogP contribution is 2.24. The van der Waals surface area contributed by atoms with E-state index in [0.29, 0.717) is 0 Å². The molecule has 1 saturated heterocycles. The van der Waals surface area contributed by atoms with Gasteiger partial charge in [-0.2, -0.15) is 9.97 Å². The van der Waals surface area contributed by atoms with Crippen molar-refractivity contribution in [3.63, 3.8) is 0 Å². The Balaban J connectivity index is 2.03. The normalized spacial score (nSPS) is 16.1. The van der Waals surface area contributed by atoms with E-state index >= 15 is 0 Å². The van der Waals surface area contributed by atoms with Crippen LogP contribution in [0, 0.1) is 6.92 Å². The molecule has 0 aromatic carbocycles. The van der Waals surface area contributed by atoms with Crippen LogP contribution in [0.2, 0.25) is 0 Å². The van der Waals surface area contributed by atoms with E-state index in [2.05, 4.69) is 31.3 Å². The number of nitrogens with zero attached hydrogens (tertiary/aromatic N) is 4. The molecule has 0 spiro atoms. The third kappa shape index (κ3) is 2.54. The Bertz CT molecular complexity index is 602. The van der Waals surface area contributed by atoms with Crippen molar-refractivity contribution in [2.24, 2.45) is 0 Å². The zero-order valence-electron chi connectivity index (χ0n) is 12.1. The molecule has 2 aromatic heterocycles. The van der Waals surface area contributed by atoms with Crippen LogP contribution in [0.3, 0.4) is 0 Å². The summed E-state index contributed by atoms with van der Waals surface area (Å²) in [5.41, 5.74) is 5.19. The maximum absolute atomic E-state index is 5.38. The SMILES string of the molecule is Cc1cc2c(NN(C)C)nc(N3CCOCC3)nc2[nH]1. The predicted molar refractivity (Wildman–Crippen MR) is 79.0 cm³/mol. The van der Waals surface area contributed by atoms with Crippen LogP contribution in [0.1, 0.15) is 5.69 Å². The molecule has 2 aromatic rings. The minimum atomic E-state index is 0.724. The molecule has 1 aliphatic heterocycles. The van der Waals surface area contributed by atoms with Crippen molar-refractivity contribution in [1.29, 1.82) is 0 Å². The van der Waals surface area contributed by atoms with Crippen LogP contribution in [0.5, 0.6) is 0 Å². The summed E-state index contributed by atoms with van der Waals surface area (Å²) in [7, 11) is 3.89. The van der Waals surface area contributed by atoms with Crippen molar-refractivity contribution in [3.05, 3.63) is 11.8 Å². The second kappa shape index (κ2) is 5.26. The molecule has 0 saturated carbocycles. The molecule has 7 nitrogen and oxygen atoms in total. The fourth-order valence-corrected chi connectivity index (χ4v) is 2.33. The Labute approximate surface area is 117 Å². The Morgan fingerprint density at radius 3 is 2.75 bits per heavy atom. The van der Waals surface area contributed by atoms with E-state index in [1.165, 1.54) is 0 Å².